The summed E-state index contributed by atoms with van der Waals surface area (Å²) in [6, 6.07) is 17.9. The Labute approximate surface area is 186 Å². The Bertz CT molecular complexity index is 1190. The molecule has 4 rings (SSSR count). The number of halogens is 2. The molecule has 0 saturated carbocycles. The van der Waals surface area contributed by atoms with Crippen LogP contribution in [0.3, 0.4) is 0 Å². The molecule has 3 aromatic carbocycles. The molecule has 0 spiro atoms. The van der Waals surface area contributed by atoms with Crippen LogP contribution in [0.15, 0.2) is 77.7 Å². The van der Waals surface area contributed by atoms with E-state index in [-0.39, 0.29) is 10.5 Å². The van der Waals surface area contributed by atoms with E-state index >= 15 is 0 Å². The summed E-state index contributed by atoms with van der Waals surface area (Å²) in [7, 11) is 0. The van der Waals surface area contributed by atoms with Crippen molar-refractivity contribution >= 4 is 52.2 Å². The van der Waals surface area contributed by atoms with Gasteiger partial charge in [-0.3, -0.25) is 9.59 Å². The van der Waals surface area contributed by atoms with Gasteiger partial charge < -0.3 is 4.74 Å². The van der Waals surface area contributed by atoms with Crippen molar-refractivity contribution in [1.82, 2.24) is 0 Å². The highest BCUT2D eigenvalue weighted by molar-refractivity contribution is 8.19. The fraction of sp³-hybridized carbons (Fsp3) is 0. The van der Waals surface area contributed by atoms with E-state index in [1.807, 2.05) is 0 Å². The zero-order chi connectivity index (χ0) is 22.0. The second kappa shape index (κ2) is 8.75. The number of amides is 2. The van der Waals surface area contributed by atoms with Gasteiger partial charge in [0.25, 0.3) is 11.1 Å². The zero-order valence-corrected chi connectivity index (χ0v) is 17.3. The molecular weight excluding hydrogens is 441 g/mol. The summed E-state index contributed by atoms with van der Waals surface area (Å²) in [5.74, 6) is -1.19. The van der Waals surface area contributed by atoms with Gasteiger partial charge in [-0.1, -0.05) is 23.7 Å². The first-order valence-electron chi connectivity index (χ1n) is 9.02. The van der Waals surface area contributed by atoms with Crippen molar-refractivity contribution in [2.45, 2.75) is 0 Å². The number of hydrogen-bond donors (Lipinski definition) is 0. The lowest BCUT2D eigenvalue weighted by atomic mass is 10.2. The quantitative estimate of drug-likeness (QED) is 0.278. The maximum absolute atomic E-state index is 13.0. The molecular formula is C23H13ClFNO4S. The van der Waals surface area contributed by atoms with Crippen LogP contribution in [-0.2, 0) is 4.79 Å². The number of esters is 1. The molecule has 0 atom stereocenters. The summed E-state index contributed by atoms with van der Waals surface area (Å²) in [6.45, 7) is 0. The van der Waals surface area contributed by atoms with E-state index in [2.05, 4.69) is 0 Å². The lowest BCUT2D eigenvalue weighted by molar-refractivity contribution is -0.113. The van der Waals surface area contributed by atoms with Crippen LogP contribution in [0.25, 0.3) is 6.08 Å². The van der Waals surface area contributed by atoms with Crippen LogP contribution in [0, 0.1) is 5.82 Å². The first kappa shape index (κ1) is 20.8. The Balaban J connectivity index is 1.47. The van der Waals surface area contributed by atoms with Crippen LogP contribution in [-0.4, -0.2) is 17.1 Å². The Morgan fingerprint density at radius 2 is 1.58 bits per heavy atom. The van der Waals surface area contributed by atoms with Gasteiger partial charge in [0.1, 0.15) is 11.6 Å². The fourth-order valence-corrected chi connectivity index (χ4v) is 3.78. The minimum Gasteiger partial charge on any atom is -0.423 e. The van der Waals surface area contributed by atoms with E-state index in [9.17, 15) is 18.8 Å². The van der Waals surface area contributed by atoms with Gasteiger partial charge in [0.05, 0.1) is 16.2 Å². The average molecular weight is 454 g/mol. The van der Waals surface area contributed by atoms with Crippen LogP contribution in [0.2, 0.25) is 5.02 Å². The minimum atomic E-state index is -0.614. The van der Waals surface area contributed by atoms with E-state index in [0.29, 0.717) is 22.0 Å². The molecule has 1 aliphatic heterocycles. The average Bonchev–Trinajstić information content (AvgIpc) is 3.03. The van der Waals surface area contributed by atoms with Crippen LogP contribution < -0.4 is 9.64 Å². The van der Waals surface area contributed by atoms with Crippen molar-refractivity contribution in [3.8, 4) is 5.75 Å². The Kier molecular flexibility index (Phi) is 5.88. The standard InChI is InChI=1S/C23H13ClFNO4S/c24-16-5-9-18(10-6-16)26-21(27)20(31-23(26)29)13-14-1-11-19(12-2-14)30-22(28)15-3-7-17(25)8-4-15/h1-13H/b20-13+. The van der Waals surface area contributed by atoms with Gasteiger partial charge in [-0.25, -0.2) is 14.1 Å². The second-order valence-electron chi connectivity index (χ2n) is 6.46. The Morgan fingerprint density at radius 1 is 0.935 bits per heavy atom. The highest BCUT2D eigenvalue weighted by Crippen LogP contribution is 2.36. The number of carbonyl (C=O) groups excluding carboxylic acids is 3. The Hall–Kier alpha value is -3.42. The molecule has 154 valence electrons. The lowest BCUT2D eigenvalue weighted by Gasteiger charge is -2.12. The van der Waals surface area contributed by atoms with E-state index in [1.165, 1.54) is 24.3 Å². The smallest absolute Gasteiger partial charge is 0.343 e. The van der Waals surface area contributed by atoms with Crippen LogP contribution in [0.4, 0.5) is 14.9 Å². The number of imide groups is 1. The summed E-state index contributed by atoms with van der Waals surface area (Å²) < 4.78 is 18.2. The normalized spacial score (nSPS) is 14.9. The van der Waals surface area contributed by atoms with Crippen molar-refractivity contribution in [3.05, 3.63) is 99.7 Å². The van der Waals surface area contributed by atoms with Crippen molar-refractivity contribution in [2.75, 3.05) is 4.90 Å². The predicted octanol–water partition coefficient (Wildman–Crippen LogP) is 5.94. The number of nitrogens with zero attached hydrogens (tertiary/aromatic N) is 1. The van der Waals surface area contributed by atoms with Gasteiger partial charge in [0.2, 0.25) is 0 Å². The molecule has 1 aliphatic rings. The number of hydrogen-bond acceptors (Lipinski definition) is 5. The van der Waals surface area contributed by atoms with Gasteiger partial charge in [0, 0.05) is 5.02 Å². The monoisotopic (exact) mass is 453 g/mol. The van der Waals surface area contributed by atoms with Crippen molar-refractivity contribution in [2.24, 2.45) is 0 Å². The lowest BCUT2D eigenvalue weighted by Crippen LogP contribution is -2.27. The van der Waals surface area contributed by atoms with E-state index < -0.39 is 22.9 Å². The molecule has 0 N–H and O–H groups in total. The molecule has 0 unspecified atom stereocenters. The molecule has 0 aliphatic carbocycles. The molecule has 0 radical (unpaired) electrons. The molecule has 2 amide bonds. The highest BCUT2D eigenvalue weighted by atomic mass is 35.5. The largest absolute Gasteiger partial charge is 0.423 e. The number of rotatable bonds is 4. The van der Waals surface area contributed by atoms with Gasteiger partial charge in [-0.05, 0) is 84.1 Å². The molecule has 1 fully saturated rings. The molecule has 3 aromatic rings. The first-order valence-corrected chi connectivity index (χ1v) is 10.2. The van der Waals surface area contributed by atoms with Gasteiger partial charge in [0.15, 0.2) is 0 Å². The van der Waals surface area contributed by atoms with Crippen molar-refractivity contribution in [1.29, 1.82) is 0 Å². The number of benzene rings is 3. The Morgan fingerprint density at radius 3 is 2.23 bits per heavy atom. The molecule has 8 heteroatoms. The fourth-order valence-electron chi connectivity index (χ4n) is 2.82. The van der Waals surface area contributed by atoms with Gasteiger partial charge in [-0.15, -0.1) is 0 Å². The third-order valence-electron chi connectivity index (χ3n) is 4.35. The van der Waals surface area contributed by atoms with E-state index in [0.717, 1.165) is 16.7 Å². The molecule has 1 saturated heterocycles. The first-order chi connectivity index (χ1) is 14.9. The van der Waals surface area contributed by atoms with Gasteiger partial charge >= 0.3 is 5.97 Å². The number of thioether (sulfide) groups is 1. The molecule has 1 heterocycles. The van der Waals surface area contributed by atoms with Crippen molar-refractivity contribution < 1.29 is 23.5 Å². The zero-order valence-electron chi connectivity index (χ0n) is 15.7. The van der Waals surface area contributed by atoms with Crippen LogP contribution >= 0.6 is 23.4 Å². The summed E-state index contributed by atoms with van der Waals surface area (Å²) in [4.78, 5) is 38.5. The number of anilines is 1. The maximum Gasteiger partial charge on any atom is 0.343 e. The molecule has 0 bridgehead atoms. The highest BCUT2D eigenvalue weighted by Gasteiger charge is 2.36. The molecule has 0 aromatic heterocycles. The number of carbonyl (C=O) groups is 3. The summed E-state index contributed by atoms with van der Waals surface area (Å²) >= 11 is 6.70. The second-order valence-corrected chi connectivity index (χ2v) is 7.89. The summed E-state index contributed by atoms with van der Waals surface area (Å²) in [5, 5.41) is 0.106. The summed E-state index contributed by atoms with van der Waals surface area (Å²) in [5.41, 5.74) is 1.32. The van der Waals surface area contributed by atoms with Gasteiger partial charge in [-0.2, -0.15) is 0 Å². The van der Waals surface area contributed by atoms with Crippen LogP contribution in [0.5, 0.6) is 5.75 Å². The number of ether oxygens (including phenoxy) is 1. The van der Waals surface area contributed by atoms with Crippen molar-refractivity contribution in [3.63, 3.8) is 0 Å². The predicted molar refractivity (Wildman–Crippen MR) is 118 cm³/mol. The third kappa shape index (κ3) is 4.68. The molecule has 31 heavy (non-hydrogen) atoms. The van der Waals surface area contributed by atoms with Crippen LogP contribution in [0.1, 0.15) is 15.9 Å². The topological polar surface area (TPSA) is 63.7 Å². The van der Waals surface area contributed by atoms with E-state index in [1.54, 1.807) is 54.6 Å². The SMILES string of the molecule is O=C(Oc1ccc(/C=C2/SC(=O)N(c3ccc(Cl)cc3)C2=O)cc1)c1ccc(F)cc1. The molecule has 5 nitrogen and oxygen atoms in total. The maximum atomic E-state index is 13.0. The summed E-state index contributed by atoms with van der Waals surface area (Å²) in [6.07, 6.45) is 1.59. The van der Waals surface area contributed by atoms with E-state index in [4.69, 9.17) is 16.3 Å². The third-order valence-corrected chi connectivity index (χ3v) is 5.47. The minimum absolute atomic E-state index is 0.223.